The fourth-order valence-electron chi connectivity index (χ4n) is 2.75. The molecule has 172 valence electrons. The van der Waals surface area contributed by atoms with Gasteiger partial charge in [-0.1, -0.05) is 39.0 Å². The van der Waals surface area contributed by atoms with Crippen LogP contribution in [0.3, 0.4) is 0 Å². The van der Waals surface area contributed by atoms with Crippen molar-refractivity contribution in [2.24, 2.45) is 0 Å². The zero-order chi connectivity index (χ0) is 22.7. The molecular weight excluding hydrogens is 392 g/mol. The summed E-state index contributed by atoms with van der Waals surface area (Å²) < 4.78 is 28.4. The third-order valence-electron chi connectivity index (χ3n) is 4.41. The summed E-state index contributed by atoms with van der Waals surface area (Å²) in [5.41, 5.74) is 1.29. The summed E-state index contributed by atoms with van der Waals surface area (Å²) in [7, 11) is 0. The van der Waals surface area contributed by atoms with Gasteiger partial charge in [-0.2, -0.15) is 0 Å². The molecule has 2 aromatic carbocycles. The number of ether oxygens (including phenoxy) is 5. The topological polar surface area (TPSA) is 46.2 Å². The number of rotatable bonds is 12. The zero-order valence-electron chi connectivity index (χ0n) is 19.9. The van der Waals surface area contributed by atoms with E-state index in [1.54, 1.807) is 0 Å². The minimum absolute atomic E-state index is 0.137. The summed E-state index contributed by atoms with van der Waals surface area (Å²) >= 11 is 0. The number of hydrogen-bond acceptors (Lipinski definition) is 5. The summed E-state index contributed by atoms with van der Waals surface area (Å²) in [6.45, 7) is 15.8. The summed E-state index contributed by atoms with van der Waals surface area (Å²) in [6.07, 6.45) is 0. The van der Waals surface area contributed by atoms with Gasteiger partial charge in [-0.3, -0.25) is 0 Å². The monoisotopic (exact) mass is 430 g/mol. The SMILES string of the molecule is CC(C)(C)OCCOCCOc1cccc(OCCOc2ccc(C(C)(C)C)cc2)c1. The van der Waals surface area contributed by atoms with Crippen molar-refractivity contribution in [3.05, 3.63) is 54.1 Å². The van der Waals surface area contributed by atoms with Crippen molar-refractivity contribution in [2.75, 3.05) is 39.6 Å². The lowest BCUT2D eigenvalue weighted by atomic mass is 9.87. The maximum absolute atomic E-state index is 5.78. The van der Waals surface area contributed by atoms with Gasteiger partial charge in [0.2, 0.25) is 0 Å². The Labute approximate surface area is 187 Å². The van der Waals surface area contributed by atoms with Crippen molar-refractivity contribution >= 4 is 0 Å². The molecule has 0 radical (unpaired) electrons. The van der Waals surface area contributed by atoms with Crippen LogP contribution in [-0.4, -0.2) is 45.2 Å². The first-order valence-electron chi connectivity index (χ1n) is 10.9. The molecule has 0 aliphatic rings. The van der Waals surface area contributed by atoms with Crippen molar-refractivity contribution in [1.29, 1.82) is 0 Å². The molecule has 31 heavy (non-hydrogen) atoms. The van der Waals surface area contributed by atoms with Crippen LogP contribution in [0.4, 0.5) is 0 Å². The van der Waals surface area contributed by atoms with Crippen LogP contribution >= 0.6 is 0 Å². The molecule has 0 N–H and O–H groups in total. The molecule has 0 saturated heterocycles. The molecule has 0 spiro atoms. The van der Waals surface area contributed by atoms with E-state index in [4.69, 9.17) is 23.7 Å². The standard InChI is InChI=1S/C26H38O5/c1-25(2,3)21-10-12-22(13-11-21)28-17-18-30-24-9-7-8-23(20-24)29-16-14-27-15-19-31-26(4,5)6/h7-13,20H,14-19H2,1-6H3. The Balaban J connectivity index is 1.62. The minimum Gasteiger partial charge on any atom is -0.491 e. The first-order chi connectivity index (χ1) is 14.6. The molecular formula is C26H38O5. The van der Waals surface area contributed by atoms with Crippen LogP contribution in [0.25, 0.3) is 0 Å². The largest absolute Gasteiger partial charge is 0.491 e. The lowest BCUT2D eigenvalue weighted by Gasteiger charge is -2.19. The van der Waals surface area contributed by atoms with E-state index in [2.05, 4.69) is 32.9 Å². The fraction of sp³-hybridized carbons (Fsp3) is 0.538. The van der Waals surface area contributed by atoms with Crippen molar-refractivity contribution in [2.45, 2.75) is 52.6 Å². The molecule has 2 rings (SSSR count). The molecule has 5 heteroatoms. The summed E-state index contributed by atoms with van der Waals surface area (Å²) in [5.74, 6) is 2.36. The lowest BCUT2D eigenvalue weighted by molar-refractivity contribution is -0.0375. The first-order valence-corrected chi connectivity index (χ1v) is 10.9. The molecule has 0 aliphatic heterocycles. The molecule has 2 aromatic rings. The maximum atomic E-state index is 5.78. The minimum atomic E-state index is -0.137. The van der Waals surface area contributed by atoms with Gasteiger partial charge in [0.05, 0.1) is 25.4 Å². The normalized spacial score (nSPS) is 11.9. The average Bonchev–Trinajstić information content (AvgIpc) is 2.70. The van der Waals surface area contributed by atoms with Gasteiger partial charge in [-0.25, -0.2) is 0 Å². The second-order valence-electron chi connectivity index (χ2n) is 9.37. The highest BCUT2D eigenvalue weighted by molar-refractivity contribution is 5.33. The molecule has 0 aromatic heterocycles. The van der Waals surface area contributed by atoms with Crippen molar-refractivity contribution in [3.8, 4) is 17.2 Å². The van der Waals surface area contributed by atoms with E-state index in [1.165, 1.54) is 5.56 Å². The first kappa shape index (κ1) is 25.0. The zero-order valence-corrected chi connectivity index (χ0v) is 19.9. The van der Waals surface area contributed by atoms with Gasteiger partial charge < -0.3 is 23.7 Å². The Morgan fingerprint density at radius 2 is 1.10 bits per heavy atom. The van der Waals surface area contributed by atoms with E-state index in [1.807, 2.05) is 57.2 Å². The highest BCUT2D eigenvalue weighted by Crippen LogP contribution is 2.24. The lowest BCUT2D eigenvalue weighted by Crippen LogP contribution is -2.22. The molecule has 0 bridgehead atoms. The van der Waals surface area contributed by atoms with Gasteiger partial charge in [0.15, 0.2) is 0 Å². The molecule has 0 amide bonds. The van der Waals surface area contributed by atoms with Crippen LogP contribution in [0, 0.1) is 0 Å². The van der Waals surface area contributed by atoms with Crippen LogP contribution in [0.5, 0.6) is 17.2 Å². The van der Waals surface area contributed by atoms with Gasteiger partial charge in [0.25, 0.3) is 0 Å². The van der Waals surface area contributed by atoms with Gasteiger partial charge in [-0.05, 0) is 56.0 Å². The molecule has 0 heterocycles. The second kappa shape index (κ2) is 12.0. The van der Waals surface area contributed by atoms with Gasteiger partial charge in [0, 0.05) is 6.07 Å². The van der Waals surface area contributed by atoms with Crippen LogP contribution in [-0.2, 0) is 14.9 Å². The molecule has 0 unspecified atom stereocenters. The van der Waals surface area contributed by atoms with E-state index in [0.29, 0.717) is 39.6 Å². The quantitative estimate of drug-likeness (QED) is 0.407. The number of benzene rings is 2. The maximum Gasteiger partial charge on any atom is 0.123 e. The summed E-state index contributed by atoms with van der Waals surface area (Å²) in [6, 6.07) is 15.8. The van der Waals surface area contributed by atoms with Gasteiger partial charge >= 0.3 is 0 Å². The van der Waals surface area contributed by atoms with E-state index in [9.17, 15) is 0 Å². The van der Waals surface area contributed by atoms with Gasteiger partial charge in [0.1, 0.15) is 37.1 Å². The second-order valence-corrected chi connectivity index (χ2v) is 9.37. The highest BCUT2D eigenvalue weighted by atomic mass is 16.6. The van der Waals surface area contributed by atoms with E-state index in [-0.39, 0.29) is 11.0 Å². The van der Waals surface area contributed by atoms with E-state index < -0.39 is 0 Å². The Morgan fingerprint density at radius 1 is 0.581 bits per heavy atom. The predicted octanol–water partition coefficient (Wildman–Crippen LogP) is 5.65. The van der Waals surface area contributed by atoms with Crippen LogP contribution in [0.15, 0.2) is 48.5 Å². The van der Waals surface area contributed by atoms with E-state index in [0.717, 1.165) is 17.2 Å². The highest BCUT2D eigenvalue weighted by Gasteiger charge is 2.13. The Hall–Kier alpha value is -2.24. The van der Waals surface area contributed by atoms with Crippen molar-refractivity contribution < 1.29 is 23.7 Å². The van der Waals surface area contributed by atoms with Crippen LogP contribution < -0.4 is 14.2 Å². The third kappa shape index (κ3) is 10.6. The Morgan fingerprint density at radius 3 is 1.65 bits per heavy atom. The number of hydrogen-bond donors (Lipinski definition) is 0. The molecule has 0 fully saturated rings. The summed E-state index contributed by atoms with van der Waals surface area (Å²) in [4.78, 5) is 0. The van der Waals surface area contributed by atoms with Crippen molar-refractivity contribution in [3.63, 3.8) is 0 Å². The molecule has 0 saturated carbocycles. The third-order valence-corrected chi connectivity index (χ3v) is 4.41. The molecule has 5 nitrogen and oxygen atoms in total. The van der Waals surface area contributed by atoms with Crippen molar-refractivity contribution in [1.82, 2.24) is 0 Å². The smallest absolute Gasteiger partial charge is 0.123 e. The van der Waals surface area contributed by atoms with Crippen LogP contribution in [0.2, 0.25) is 0 Å². The molecule has 0 atom stereocenters. The van der Waals surface area contributed by atoms with Gasteiger partial charge in [-0.15, -0.1) is 0 Å². The fourth-order valence-corrected chi connectivity index (χ4v) is 2.75. The van der Waals surface area contributed by atoms with Crippen LogP contribution in [0.1, 0.15) is 47.1 Å². The Bertz CT molecular complexity index is 757. The average molecular weight is 431 g/mol. The predicted molar refractivity (Wildman–Crippen MR) is 125 cm³/mol. The Kier molecular flexibility index (Phi) is 9.66. The summed E-state index contributed by atoms with van der Waals surface area (Å²) in [5, 5.41) is 0. The molecule has 0 aliphatic carbocycles. The van der Waals surface area contributed by atoms with E-state index >= 15 is 0 Å².